The molecule has 0 bridgehead atoms. The number of amides is 1. The van der Waals surface area contributed by atoms with Crippen molar-refractivity contribution in [3.63, 3.8) is 0 Å². The molecule has 6 nitrogen and oxygen atoms in total. The van der Waals surface area contributed by atoms with Gasteiger partial charge in [0.05, 0.1) is 13.2 Å². The van der Waals surface area contributed by atoms with Crippen LogP contribution in [0.4, 0.5) is 9.52 Å². The first-order valence-electron chi connectivity index (χ1n) is 9.40. The lowest BCUT2D eigenvalue weighted by molar-refractivity contribution is -0.117. The van der Waals surface area contributed by atoms with Gasteiger partial charge in [-0.25, -0.2) is 4.39 Å². The molecule has 2 aromatic rings. The number of rotatable bonds is 7. The lowest BCUT2D eigenvalue weighted by atomic mass is 9.99. The predicted octanol–water partition coefficient (Wildman–Crippen LogP) is 3.28. The number of halogens is 1. The molecule has 0 radical (unpaired) electrons. The highest BCUT2D eigenvalue weighted by atomic mass is 32.1. The fourth-order valence-corrected chi connectivity index (χ4v) is 4.27. The van der Waals surface area contributed by atoms with E-state index in [9.17, 15) is 9.18 Å². The molecule has 2 aliphatic rings. The van der Waals surface area contributed by atoms with E-state index in [1.165, 1.54) is 30.2 Å². The Balaban J connectivity index is 1.23. The van der Waals surface area contributed by atoms with Crippen LogP contribution in [0.15, 0.2) is 24.3 Å². The molecule has 144 valence electrons. The van der Waals surface area contributed by atoms with Crippen LogP contribution in [0.1, 0.15) is 36.6 Å². The molecule has 4 rings (SSSR count). The molecule has 1 saturated carbocycles. The van der Waals surface area contributed by atoms with Gasteiger partial charge < -0.3 is 4.74 Å². The summed E-state index contributed by atoms with van der Waals surface area (Å²) in [6, 6.07) is 6.45. The second-order valence-electron chi connectivity index (χ2n) is 7.25. The third kappa shape index (κ3) is 5.01. The van der Waals surface area contributed by atoms with Crippen molar-refractivity contribution >= 4 is 22.4 Å². The molecule has 1 amide bonds. The van der Waals surface area contributed by atoms with Gasteiger partial charge in [-0.15, -0.1) is 10.2 Å². The zero-order valence-electron chi connectivity index (χ0n) is 15.1. The van der Waals surface area contributed by atoms with Crippen LogP contribution < -0.4 is 10.1 Å². The maximum absolute atomic E-state index is 13.7. The van der Waals surface area contributed by atoms with Crippen molar-refractivity contribution in [1.82, 2.24) is 15.1 Å². The van der Waals surface area contributed by atoms with Crippen molar-refractivity contribution in [1.29, 1.82) is 0 Å². The first-order chi connectivity index (χ1) is 13.2. The fraction of sp³-hybridized carbons (Fsp3) is 0.526. The molecule has 1 unspecified atom stereocenters. The van der Waals surface area contributed by atoms with Crippen LogP contribution in [0.25, 0.3) is 0 Å². The number of hydrogen-bond acceptors (Lipinski definition) is 6. The quantitative estimate of drug-likeness (QED) is 0.786. The maximum Gasteiger partial charge on any atom is 0.240 e. The second-order valence-corrected chi connectivity index (χ2v) is 8.26. The Morgan fingerprint density at radius 3 is 2.96 bits per heavy atom. The predicted molar refractivity (Wildman–Crippen MR) is 102 cm³/mol. The molecule has 1 aliphatic carbocycles. The van der Waals surface area contributed by atoms with Crippen molar-refractivity contribution in [2.24, 2.45) is 5.92 Å². The van der Waals surface area contributed by atoms with Crippen molar-refractivity contribution in [2.75, 3.05) is 31.6 Å². The number of piperidine rings is 1. The molecular formula is C19H23FN4O2S. The molecule has 1 aromatic heterocycles. The van der Waals surface area contributed by atoms with Gasteiger partial charge in [-0.3, -0.25) is 15.0 Å². The minimum absolute atomic E-state index is 0.0656. The zero-order valence-corrected chi connectivity index (χ0v) is 15.9. The number of nitrogens with zero attached hydrogens (tertiary/aromatic N) is 3. The average molecular weight is 390 g/mol. The number of carbonyl (C=O) groups is 1. The van der Waals surface area contributed by atoms with Crippen molar-refractivity contribution in [2.45, 2.75) is 31.6 Å². The largest absolute Gasteiger partial charge is 0.490 e. The van der Waals surface area contributed by atoms with Crippen LogP contribution in [0.3, 0.4) is 0 Å². The summed E-state index contributed by atoms with van der Waals surface area (Å²) in [5.41, 5.74) is 0. The summed E-state index contributed by atoms with van der Waals surface area (Å²) in [7, 11) is 0. The van der Waals surface area contributed by atoms with Crippen LogP contribution in [0.5, 0.6) is 5.75 Å². The summed E-state index contributed by atoms with van der Waals surface area (Å²) < 4.78 is 19.3. The molecule has 1 aromatic carbocycles. The number of ether oxygens (including phenoxy) is 1. The van der Waals surface area contributed by atoms with Gasteiger partial charge >= 0.3 is 0 Å². The van der Waals surface area contributed by atoms with Crippen LogP contribution in [0, 0.1) is 11.7 Å². The highest BCUT2D eigenvalue weighted by Crippen LogP contribution is 2.42. The Hall–Kier alpha value is -2.06. The van der Waals surface area contributed by atoms with Gasteiger partial charge in [0.25, 0.3) is 0 Å². The van der Waals surface area contributed by atoms with E-state index in [0.717, 1.165) is 30.9 Å². The van der Waals surface area contributed by atoms with Gasteiger partial charge in [-0.05, 0) is 44.4 Å². The fourth-order valence-electron chi connectivity index (χ4n) is 3.34. The van der Waals surface area contributed by atoms with Gasteiger partial charge in [0.15, 0.2) is 11.6 Å². The SMILES string of the molecule is O=C(CN1CCCC(COc2ccccc2F)C1)Nc1nnc(C2CC2)s1. The summed E-state index contributed by atoms with van der Waals surface area (Å²) in [5, 5.41) is 12.7. The Morgan fingerprint density at radius 2 is 2.15 bits per heavy atom. The number of carbonyl (C=O) groups excluding carboxylic acids is 1. The van der Waals surface area contributed by atoms with E-state index < -0.39 is 0 Å². The first-order valence-corrected chi connectivity index (χ1v) is 10.2. The number of benzene rings is 1. The van der Waals surface area contributed by atoms with E-state index >= 15 is 0 Å². The van der Waals surface area contributed by atoms with Gasteiger partial charge in [0.1, 0.15) is 5.01 Å². The minimum atomic E-state index is -0.341. The topological polar surface area (TPSA) is 67.3 Å². The molecule has 27 heavy (non-hydrogen) atoms. The van der Waals surface area contributed by atoms with Crippen LogP contribution in [0.2, 0.25) is 0 Å². The van der Waals surface area contributed by atoms with E-state index in [4.69, 9.17) is 4.74 Å². The van der Waals surface area contributed by atoms with Gasteiger partial charge in [-0.2, -0.15) is 0 Å². The first kappa shape index (κ1) is 18.3. The number of anilines is 1. The third-order valence-electron chi connectivity index (χ3n) is 4.90. The molecule has 1 saturated heterocycles. The maximum atomic E-state index is 13.7. The van der Waals surface area contributed by atoms with E-state index in [2.05, 4.69) is 20.4 Å². The molecule has 2 fully saturated rings. The standard InChI is InChI=1S/C19H23FN4O2S/c20-15-5-1-2-6-16(15)26-12-13-4-3-9-24(10-13)11-17(25)21-19-23-22-18(27-19)14-7-8-14/h1-2,5-6,13-14H,3-4,7-12H2,(H,21,23,25). The summed E-state index contributed by atoms with van der Waals surface area (Å²) in [6.45, 7) is 2.44. The molecule has 2 heterocycles. The number of para-hydroxylation sites is 1. The second kappa shape index (κ2) is 8.31. The highest BCUT2D eigenvalue weighted by molar-refractivity contribution is 7.15. The molecule has 1 aliphatic heterocycles. The van der Waals surface area contributed by atoms with E-state index in [0.29, 0.717) is 24.2 Å². The van der Waals surface area contributed by atoms with E-state index in [1.54, 1.807) is 18.2 Å². The number of hydrogen-bond donors (Lipinski definition) is 1. The van der Waals surface area contributed by atoms with Crippen LogP contribution in [-0.4, -0.2) is 47.2 Å². The van der Waals surface area contributed by atoms with E-state index in [1.807, 2.05) is 0 Å². The molecule has 1 atom stereocenters. The third-order valence-corrected chi connectivity index (χ3v) is 5.90. The average Bonchev–Trinajstić information content (AvgIpc) is 3.41. The Morgan fingerprint density at radius 1 is 1.30 bits per heavy atom. The zero-order chi connectivity index (χ0) is 18.6. The van der Waals surface area contributed by atoms with Crippen molar-refractivity contribution < 1.29 is 13.9 Å². The number of aromatic nitrogens is 2. The number of nitrogens with one attached hydrogen (secondary N) is 1. The molecular weight excluding hydrogens is 367 g/mol. The van der Waals surface area contributed by atoms with E-state index in [-0.39, 0.29) is 23.4 Å². The summed E-state index contributed by atoms with van der Waals surface area (Å²) in [5.74, 6) is 0.714. The van der Waals surface area contributed by atoms with Gasteiger partial charge in [0, 0.05) is 18.4 Å². The molecule has 0 spiro atoms. The highest BCUT2D eigenvalue weighted by Gasteiger charge is 2.28. The Labute approximate surface area is 161 Å². The minimum Gasteiger partial charge on any atom is -0.490 e. The van der Waals surface area contributed by atoms with Crippen molar-refractivity contribution in [3.05, 3.63) is 35.1 Å². The summed E-state index contributed by atoms with van der Waals surface area (Å²) in [6.07, 6.45) is 4.37. The Kier molecular flexibility index (Phi) is 5.63. The summed E-state index contributed by atoms with van der Waals surface area (Å²) >= 11 is 1.47. The lowest BCUT2D eigenvalue weighted by Crippen LogP contribution is -2.42. The monoisotopic (exact) mass is 390 g/mol. The normalized spacial score (nSPS) is 20.4. The van der Waals surface area contributed by atoms with Gasteiger partial charge in [-0.1, -0.05) is 23.5 Å². The van der Waals surface area contributed by atoms with Crippen LogP contribution >= 0.6 is 11.3 Å². The Bertz CT molecular complexity index is 796. The van der Waals surface area contributed by atoms with Gasteiger partial charge in [0.2, 0.25) is 11.0 Å². The summed E-state index contributed by atoms with van der Waals surface area (Å²) in [4.78, 5) is 14.4. The lowest BCUT2D eigenvalue weighted by Gasteiger charge is -2.31. The van der Waals surface area contributed by atoms with Crippen molar-refractivity contribution in [3.8, 4) is 5.75 Å². The molecule has 1 N–H and O–H groups in total. The molecule has 8 heteroatoms. The smallest absolute Gasteiger partial charge is 0.240 e. The van der Waals surface area contributed by atoms with Crippen LogP contribution in [-0.2, 0) is 4.79 Å². The number of likely N-dealkylation sites (tertiary alicyclic amines) is 1.